The summed E-state index contributed by atoms with van der Waals surface area (Å²) in [5, 5.41) is 0. The summed E-state index contributed by atoms with van der Waals surface area (Å²) >= 11 is 0. The summed E-state index contributed by atoms with van der Waals surface area (Å²) < 4.78 is 36.8. The molecule has 0 spiro atoms. The average Bonchev–Trinajstić information content (AvgIpc) is 2.80. The first kappa shape index (κ1) is 14.4. The zero-order chi connectivity index (χ0) is 14.0. The van der Waals surface area contributed by atoms with Gasteiger partial charge in [-0.15, -0.1) is 0 Å². The monoisotopic (exact) mass is 275 g/mol. The van der Waals surface area contributed by atoms with Crippen molar-refractivity contribution >= 4 is 5.91 Å². The van der Waals surface area contributed by atoms with Crippen LogP contribution in [0.5, 0.6) is 0 Å². The summed E-state index contributed by atoms with van der Waals surface area (Å²) in [5.41, 5.74) is -0.537. The Morgan fingerprint density at radius 2 is 2.21 bits per heavy atom. The lowest BCUT2D eigenvalue weighted by molar-refractivity contribution is -0.167. The van der Waals surface area contributed by atoms with Crippen LogP contribution in [0.25, 0.3) is 0 Å². The number of rotatable bonds is 3. The van der Waals surface area contributed by atoms with E-state index in [1.54, 1.807) is 0 Å². The van der Waals surface area contributed by atoms with Gasteiger partial charge in [0.25, 0.3) is 5.91 Å². The van der Waals surface area contributed by atoms with Gasteiger partial charge < -0.3 is 14.4 Å². The molecule has 0 saturated carbocycles. The standard InChI is InChI=1S/C13H19F2NO3/c1-13(2)8-16(10-6-18-7-11(10)19-13)12(17)9(15)4-3-5-14/h4,10-11H,3,5-8H2,1-2H3/b9-4-/t10-,11-/m1/s1. The second kappa shape index (κ2) is 5.54. The van der Waals surface area contributed by atoms with Crippen LogP contribution in [0.15, 0.2) is 11.9 Å². The lowest BCUT2D eigenvalue weighted by Crippen LogP contribution is -2.60. The molecule has 0 unspecified atom stereocenters. The summed E-state index contributed by atoms with van der Waals surface area (Å²) in [7, 11) is 0. The number of amides is 1. The first-order valence-corrected chi connectivity index (χ1v) is 6.43. The quantitative estimate of drug-likeness (QED) is 0.734. The number of halogens is 2. The van der Waals surface area contributed by atoms with Crippen LogP contribution in [0.3, 0.4) is 0 Å². The molecule has 4 nitrogen and oxygen atoms in total. The molecule has 2 saturated heterocycles. The maximum atomic E-state index is 13.7. The molecule has 2 rings (SSSR count). The van der Waals surface area contributed by atoms with Crippen molar-refractivity contribution in [3.8, 4) is 0 Å². The predicted molar refractivity (Wildman–Crippen MR) is 65.1 cm³/mol. The largest absolute Gasteiger partial charge is 0.376 e. The van der Waals surface area contributed by atoms with E-state index in [9.17, 15) is 13.6 Å². The van der Waals surface area contributed by atoms with Crippen LogP contribution in [0, 0.1) is 0 Å². The highest BCUT2D eigenvalue weighted by Gasteiger charge is 2.46. The topological polar surface area (TPSA) is 38.8 Å². The Kier molecular flexibility index (Phi) is 4.20. The first-order chi connectivity index (χ1) is 8.94. The molecule has 0 radical (unpaired) electrons. The molecular formula is C13H19F2NO3. The Morgan fingerprint density at radius 3 is 2.89 bits per heavy atom. The van der Waals surface area contributed by atoms with Crippen molar-refractivity contribution in [3.63, 3.8) is 0 Å². The fourth-order valence-electron chi connectivity index (χ4n) is 2.53. The molecule has 2 atom stereocenters. The van der Waals surface area contributed by atoms with Gasteiger partial charge in [-0.05, 0) is 26.3 Å². The van der Waals surface area contributed by atoms with Crippen LogP contribution in [0.4, 0.5) is 8.78 Å². The van der Waals surface area contributed by atoms with E-state index in [2.05, 4.69) is 0 Å². The number of morpholine rings is 1. The number of allylic oxidation sites excluding steroid dienone is 1. The van der Waals surface area contributed by atoms with Crippen molar-refractivity contribution in [2.75, 3.05) is 26.4 Å². The van der Waals surface area contributed by atoms with E-state index in [1.165, 1.54) is 4.90 Å². The summed E-state index contributed by atoms with van der Waals surface area (Å²) in [4.78, 5) is 13.5. The first-order valence-electron chi connectivity index (χ1n) is 6.43. The molecule has 2 aliphatic heterocycles. The molecule has 0 aromatic rings. The van der Waals surface area contributed by atoms with Crippen LogP contribution in [-0.2, 0) is 14.3 Å². The SMILES string of the molecule is CC1(C)CN(C(=O)/C(F)=C/CCF)[C@@H]2COC[C@H]2O1. The molecule has 2 fully saturated rings. The molecule has 108 valence electrons. The van der Waals surface area contributed by atoms with E-state index in [-0.39, 0.29) is 18.6 Å². The molecule has 1 amide bonds. The third-order valence-electron chi connectivity index (χ3n) is 3.32. The van der Waals surface area contributed by atoms with Crippen LogP contribution in [-0.4, -0.2) is 55.0 Å². The van der Waals surface area contributed by atoms with Crippen molar-refractivity contribution in [3.05, 3.63) is 11.9 Å². The van der Waals surface area contributed by atoms with E-state index in [4.69, 9.17) is 9.47 Å². The number of fused-ring (bicyclic) bond motifs is 1. The van der Waals surface area contributed by atoms with Crippen molar-refractivity contribution in [2.45, 2.75) is 38.0 Å². The van der Waals surface area contributed by atoms with Crippen molar-refractivity contribution in [1.29, 1.82) is 0 Å². The summed E-state index contributed by atoms with van der Waals surface area (Å²) in [6.45, 7) is 4.09. The van der Waals surface area contributed by atoms with Crippen molar-refractivity contribution < 1.29 is 23.0 Å². The molecule has 6 heteroatoms. The fraction of sp³-hybridized carbons (Fsp3) is 0.769. The Labute approximate surface area is 111 Å². The van der Waals surface area contributed by atoms with E-state index in [0.29, 0.717) is 19.8 Å². The number of carbonyl (C=O) groups excluding carboxylic acids is 1. The van der Waals surface area contributed by atoms with Gasteiger partial charge in [0.2, 0.25) is 0 Å². The summed E-state index contributed by atoms with van der Waals surface area (Å²) in [5.74, 6) is -1.61. The number of hydrogen-bond donors (Lipinski definition) is 0. The Balaban J connectivity index is 2.14. The molecule has 0 aliphatic carbocycles. The number of hydrogen-bond acceptors (Lipinski definition) is 3. The van der Waals surface area contributed by atoms with Gasteiger partial charge in [0.15, 0.2) is 5.83 Å². The van der Waals surface area contributed by atoms with E-state index in [1.807, 2.05) is 13.8 Å². The van der Waals surface area contributed by atoms with Crippen molar-refractivity contribution in [2.24, 2.45) is 0 Å². The maximum absolute atomic E-state index is 13.7. The molecular weight excluding hydrogens is 256 g/mol. The second-order valence-electron chi connectivity index (χ2n) is 5.48. The van der Waals surface area contributed by atoms with Crippen LogP contribution >= 0.6 is 0 Å². The van der Waals surface area contributed by atoms with Gasteiger partial charge >= 0.3 is 0 Å². The van der Waals surface area contributed by atoms with Gasteiger partial charge in [-0.2, -0.15) is 0 Å². The maximum Gasteiger partial charge on any atom is 0.282 e. The van der Waals surface area contributed by atoms with Gasteiger partial charge in [-0.3, -0.25) is 9.18 Å². The van der Waals surface area contributed by atoms with Gasteiger partial charge in [0, 0.05) is 0 Å². The molecule has 0 aromatic carbocycles. The zero-order valence-corrected chi connectivity index (χ0v) is 11.2. The Morgan fingerprint density at radius 1 is 1.47 bits per heavy atom. The Bertz CT molecular complexity index is 384. The normalized spacial score (nSPS) is 30.3. The number of ether oxygens (including phenoxy) is 2. The fourth-order valence-corrected chi connectivity index (χ4v) is 2.53. The highest BCUT2D eigenvalue weighted by molar-refractivity contribution is 5.91. The highest BCUT2D eigenvalue weighted by Crippen LogP contribution is 2.30. The number of nitrogens with zero attached hydrogens (tertiary/aromatic N) is 1. The smallest absolute Gasteiger partial charge is 0.282 e. The zero-order valence-electron chi connectivity index (χ0n) is 11.2. The Hall–Kier alpha value is -1.01. The van der Waals surface area contributed by atoms with Gasteiger partial charge in [-0.25, -0.2) is 4.39 Å². The molecule has 2 heterocycles. The summed E-state index contributed by atoms with van der Waals surface area (Å²) in [6, 6.07) is -0.259. The third kappa shape index (κ3) is 3.12. The van der Waals surface area contributed by atoms with E-state index < -0.39 is 24.0 Å². The van der Waals surface area contributed by atoms with E-state index >= 15 is 0 Å². The van der Waals surface area contributed by atoms with Crippen LogP contribution in [0.1, 0.15) is 20.3 Å². The molecule has 0 aromatic heterocycles. The van der Waals surface area contributed by atoms with Crippen molar-refractivity contribution in [1.82, 2.24) is 4.90 Å². The highest BCUT2D eigenvalue weighted by atomic mass is 19.1. The molecule has 0 bridgehead atoms. The minimum Gasteiger partial charge on any atom is -0.376 e. The van der Waals surface area contributed by atoms with Gasteiger partial charge in [0.1, 0.15) is 6.10 Å². The summed E-state index contributed by atoms with van der Waals surface area (Å²) in [6.07, 6.45) is 0.688. The minimum atomic E-state index is -0.902. The predicted octanol–water partition coefficient (Wildman–Crippen LogP) is 1.60. The van der Waals surface area contributed by atoms with Crippen LogP contribution < -0.4 is 0 Å². The minimum absolute atomic E-state index is 0.0874. The van der Waals surface area contributed by atoms with Gasteiger partial charge in [0.05, 0.1) is 38.1 Å². The lowest BCUT2D eigenvalue weighted by Gasteiger charge is -2.44. The molecule has 19 heavy (non-hydrogen) atoms. The molecule has 2 aliphatic rings. The van der Waals surface area contributed by atoms with Crippen LogP contribution in [0.2, 0.25) is 0 Å². The lowest BCUT2D eigenvalue weighted by atomic mass is 10.0. The average molecular weight is 275 g/mol. The number of carbonyl (C=O) groups is 1. The van der Waals surface area contributed by atoms with E-state index in [0.717, 1.165) is 6.08 Å². The van der Waals surface area contributed by atoms with Gasteiger partial charge in [-0.1, -0.05) is 0 Å². The molecule has 0 N–H and O–H groups in total. The second-order valence-corrected chi connectivity index (χ2v) is 5.48. The third-order valence-corrected chi connectivity index (χ3v) is 3.32. The number of alkyl halides is 1.